The molecule has 0 saturated heterocycles. The Bertz CT molecular complexity index is 665. The summed E-state index contributed by atoms with van der Waals surface area (Å²) in [5, 5.41) is 0. The van der Waals surface area contributed by atoms with Crippen LogP contribution in [0.5, 0.6) is 0 Å². The van der Waals surface area contributed by atoms with Crippen molar-refractivity contribution in [3.63, 3.8) is 0 Å². The Labute approximate surface area is 198 Å². The van der Waals surface area contributed by atoms with E-state index in [0.717, 1.165) is 44.9 Å². The molecule has 1 aromatic rings. The number of sulfonamides is 1. The molecule has 0 fully saturated rings. The van der Waals surface area contributed by atoms with Crippen LogP contribution in [0.3, 0.4) is 0 Å². The Hall–Kier alpha value is -0.940. The summed E-state index contributed by atoms with van der Waals surface area (Å²) in [6.45, 7) is 4.39. The van der Waals surface area contributed by atoms with Gasteiger partial charge in [0.1, 0.15) is 0 Å². The van der Waals surface area contributed by atoms with E-state index in [1.165, 1.54) is 63.5 Å². The van der Waals surface area contributed by atoms with Gasteiger partial charge >= 0.3 is 0 Å². The molecule has 1 rings (SSSR count). The number of hydrogen-bond acceptors (Lipinski definition) is 2. The number of nitrogens with one attached hydrogen (secondary N) is 1. The maximum absolute atomic E-state index is 15.8. The number of unbranched alkanes of at least 4 members (excludes halogenated alkanes) is 14. The molecule has 32 heavy (non-hydrogen) atoms. The second-order valence-electron chi connectivity index (χ2n) is 9.33. The molecule has 0 aliphatic carbocycles. The topological polar surface area (TPSA) is 46.2 Å². The molecule has 186 valence electrons. The molecular formula is C27H48FNO2S. The fourth-order valence-corrected chi connectivity index (χ4v) is 5.52. The summed E-state index contributed by atoms with van der Waals surface area (Å²) in [4.78, 5) is 0.131. The smallest absolute Gasteiger partial charge is 0.226 e. The summed E-state index contributed by atoms with van der Waals surface area (Å²) in [5.74, 6) is -1.86. The van der Waals surface area contributed by atoms with Gasteiger partial charge in [-0.25, -0.2) is 12.8 Å². The van der Waals surface area contributed by atoms with E-state index in [1.807, 2.05) is 0 Å². The lowest BCUT2D eigenvalue weighted by atomic mass is 9.98. The molecule has 1 N–H and O–H groups in total. The summed E-state index contributed by atoms with van der Waals surface area (Å²) < 4.78 is 43.7. The summed E-state index contributed by atoms with van der Waals surface area (Å²) in [7, 11) is -3.85. The number of benzene rings is 1. The van der Waals surface area contributed by atoms with Crippen LogP contribution in [0.2, 0.25) is 0 Å². The van der Waals surface area contributed by atoms with Crippen molar-refractivity contribution in [2.24, 2.45) is 0 Å². The van der Waals surface area contributed by atoms with Gasteiger partial charge in [0.2, 0.25) is 10.0 Å². The molecular weight excluding hydrogens is 421 g/mol. The minimum atomic E-state index is -3.85. The highest BCUT2D eigenvalue weighted by Crippen LogP contribution is 2.27. The minimum Gasteiger partial charge on any atom is -0.226 e. The summed E-state index contributed by atoms with van der Waals surface area (Å²) in [5.41, 5.74) is 0. The SMILES string of the molecule is CCCCCCCCCCCCCC(F)(CCCCCCC)NS(=O)(=O)c1ccccc1. The van der Waals surface area contributed by atoms with Crippen molar-refractivity contribution in [2.75, 3.05) is 0 Å². The molecule has 0 aliphatic rings. The maximum atomic E-state index is 15.8. The second-order valence-corrected chi connectivity index (χ2v) is 11.0. The first-order chi connectivity index (χ1) is 15.4. The van der Waals surface area contributed by atoms with Crippen LogP contribution in [-0.2, 0) is 10.0 Å². The maximum Gasteiger partial charge on any atom is 0.243 e. The third kappa shape index (κ3) is 13.6. The van der Waals surface area contributed by atoms with Crippen LogP contribution < -0.4 is 4.72 Å². The van der Waals surface area contributed by atoms with Crippen LogP contribution in [0.4, 0.5) is 4.39 Å². The Kier molecular flexibility index (Phi) is 15.9. The lowest BCUT2D eigenvalue weighted by Gasteiger charge is -2.27. The lowest BCUT2D eigenvalue weighted by molar-refractivity contribution is 0.114. The molecule has 0 radical (unpaired) electrons. The fraction of sp³-hybridized carbons (Fsp3) is 0.778. The quantitative estimate of drug-likeness (QED) is 0.144. The monoisotopic (exact) mass is 469 g/mol. The van der Waals surface area contributed by atoms with Crippen molar-refractivity contribution < 1.29 is 12.8 Å². The van der Waals surface area contributed by atoms with Gasteiger partial charge in [-0.15, -0.1) is 0 Å². The Morgan fingerprint density at radius 2 is 1.03 bits per heavy atom. The normalized spacial score (nSPS) is 13.8. The molecule has 0 aliphatic heterocycles. The average molecular weight is 470 g/mol. The number of halogens is 1. The van der Waals surface area contributed by atoms with Crippen molar-refractivity contribution in [1.29, 1.82) is 0 Å². The van der Waals surface area contributed by atoms with E-state index in [-0.39, 0.29) is 17.7 Å². The van der Waals surface area contributed by atoms with Gasteiger partial charge in [0.15, 0.2) is 5.79 Å². The van der Waals surface area contributed by atoms with Crippen LogP contribution in [0, 0.1) is 0 Å². The molecule has 5 heteroatoms. The van der Waals surface area contributed by atoms with Gasteiger partial charge in [-0.1, -0.05) is 122 Å². The number of alkyl halides is 1. The van der Waals surface area contributed by atoms with Gasteiger partial charge in [0.05, 0.1) is 4.90 Å². The molecule has 0 aromatic heterocycles. The van der Waals surface area contributed by atoms with Gasteiger partial charge < -0.3 is 0 Å². The predicted molar refractivity (Wildman–Crippen MR) is 135 cm³/mol. The van der Waals surface area contributed by atoms with E-state index in [4.69, 9.17) is 0 Å². The molecule has 0 saturated carbocycles. The van der Waals surface area contributed by atoms with E-state index in [2.05, 4.69) is 18.6 Å². The third-order valence-corrected chi connectivity index (χ3v) is 7.75. The molecule has 0 spiro atoms. The molecule has 1 atom stereocenters. The fourth-order valence-electron chi connectivity index (χ4n) is 4.20. The van der Waals surface area contributed by atoms with Crippen LogP contribution in [0.25, 0.3) is 0 Å². The standard InChI is InChI=1S/C27H48FNO2S/c1-3-5-7-9-10-11-12-13-14-16-21-25-27(28,24-20-15-8-6-4-2)29-32(30,31)26-22-18-17-19-23-26/h17-19,22-23,29H,3-16,20-21,24-25H2,1-2H3. The van der Waals surface area contributed by atoms with E-state index in [0.29, 0.717) is 6.42 Å². The van der Waals surface area contributed by atoms with Crippen LogP contribution in [0.15, 0.2) is 35.2 Å². The van der Waals surface area contributed by atoms with E-state index >= 15 is 4.39 Å². The van der Waals surface area contributed by atoms with Gasteiger partial charge in [0, 0.05) is 0 Å². The zero-order valence-electron chi connectivity index (χ0n) is 20.7. The Morgan fingerprint density at radius 1 is 0.656 bits per heavy atom. The van der Waals surface area contributed by atoms with Gasteiger partial charge in [-0.2, -0.15) is 4.72 Å². The summed E-state index contributed by atoms with van der Waals surface area (Å²) in [6.07, 6.45) is 18.7. The van der Waals surface area contributed by atoms with Crippen LogP contribution >= 0.6 is 0 Å². The van der Waals surface area contributed by atoms with Gasteiger partial charge in [0.25, 0.3) is 0 Å². The first kappa shape index (κ1) is 29.1. The Balaban J connectivity index is 2.43. The number of rotatable bonds is 21. The van der Waals surface area contributed by atoms with Crippen LogP contribution in [-0.4, -0.2) is 14.2 Å². The van der Waals surface area contributed by atoms with E-state index in [1.54, 1.807) is 18.2 Å². The van der Waals surface area contributed by atoms with E-state index in [9.17, 15) is 8.42 Å². The highest BCUT2D eigenvalue weighted by atomic mass is 32.2. The molecule has 1 unspecified atom stereocenters. The largest absolute Gasteiger partial charge is 0.243 e. The molecule has 0 heterocycles. The highest BCUT2D eigenvalue weighted by molar-refractivity contribution is 7.89. The van der Waals surface area contributed by atoms with Crippen molar-refractivity contribution in [1.82, 2.24) is 4.72 Å². The summed E-state index contributed by atoms with van der Waals surface area (Å²) >= 11 is 0. The van der Waals surface area contributed by atoms with Crippen molar-refractivity contribution in [2.45, 2.75) is 140 Å². The first-order valence-electron chi connectivity index (χ1n) is 13.2. The van der Waals surface area contributed by atoms with Gasteiger partial charge in [-0.05, 0) is 37.8 Å². The van der Waals surface area contributed by atoms with Crippen LogP contribution in [0.1, 0.15) is 129 Å². The average Bonchev–Trinajstić information content (AvgIpc) is 2.77. The molecule has 3 nitrogen and oxygen atoms in total. The highest BCUT2D eigenvalue weighted by Gasteiger charge is 2.34. The number of hydrogen-bond donors (Lipinski definition) is 1. The Morgan fingerprint density at radius 3 is 1.44 bits per heavy atom. The zero-order valence-corrected chi connectivity index (χ0v) is 21.5. The zero-order chi connectivity index (χ0) is 23.5. The first-order valence-corrected chi connectivity index (χ1v) is 14.7. The van der Waals surface area contributed by atoms with Crippen molar-refractivity contribution in [3.8, 4) is 0 Å². The summed E-state index contributed by atoms with van der Waals surface area (Å²) in [6, 6.07) is 8.14. The minimum absolute atomic E-state index is 0.131. The molecule has 0 amide bonds. The third-order valence-electron chi connectivity index (χ3n) is 6.22. The van der Waals surface area contributed by atoms with E-state index < -0.39 is 15.8 Å². The van der Waals surface area contributed by atoms with Crippen molar-refractivity contribution >= 4 is 10.0 Å². The molecule has 0 bridgehead atoms. The van der Waals surface area contributed by atoms with Crippen molar-refractivity contribution in [3.05, 3.63) is 30.3 Å². The van der Waals surface area contributed by atoms with Gasteiger partial charge in [-0.3, -0.25) is 0 Å². The lowest BCUT2D eigenvalue weighted by Crippen LogP contribution is -2.44. The predicted octanol–water partition coefficient (Wildman–Crippen LogP) is 8.69. The molecule has 1 aromatic carbocycles. The second kappa shape index (κ2) is 17.5.